The largest absolute Gasteiger partial charge is 0.768 e. The molecule has 4 N–H and O–H groups in total. The van der Waals surface area contributed by atoms with Crippen molar-refractivity contribution < 1.29 is 37.9 Å². The molecule has 0 aliphatic carbocycles. The highest BCUT2D eigenvalue weighted by atomic mass is 32.2. The third kappa shape index (κ3) is 5.02. The average molecular weight is 428 g/mol. The summed E-state index contributed by atoms with van der Waals surface area (Å²) in [6.07, 6.45) is 0.496. The molecule has 0 saturated heterocycles. The standard InChI is InChI=1S/C18H22O8S2/c1-9(3-11-5-13(19)15(21)7-17(11)27(23)24)10(2)4-12-6-14(20)16(22)8-18(12)28(25)26/h5-10,19-22H,3-4H2,1-2H3,(H,23,24)(H,25,26)/p-2. The summed E-state index contributed by atoms with van der Waals surface area (Å²) in [6.45, 7) is 3.67. The predicted molar refractivity (Wildman–Crippen MR) is 99.7 cm³/mol. The second-order valence-corrected chi connectivity index (χ2v) is 8.55. The Kier molecular flexibility index (Phi) is 7.05. The fourth-order valence-electron chi connectivity index (χ4n) is 2.93. The number of phenolic OH excluding ortho intramolecular Hbond substituents is 4. The van der Waals surface area contributed by atoms with E-state index in [1.165, 1.54) is 12.1 Å². The highest BCUT2D eigenvalue weighted by Gasteiger charge is 2.20. The van der Waals surface area contributed by atoms with E-state index in [9.17, 15) is 37.9 Å². The van der Waals surface area contributed by atoms with E-state index < -0.39 is 45.2 Å². The average Bonchev–Trinajstić information content (AvgIpc) is 2.60. The first-order chi connectivity index (χ1) is 13.0. The minimum atomic E-state index is -2.61. The lowest BCUT2D eigenvalue weighted by atomic mass is 9.85. The van der Waals surface area contributed by atoms with Gasteiger partial charge in [0.1, 0.15) is 0 Å². The Morgan fingerprint density at radius 1 is 0.714 bits per heavy atom. The molecule has 0 aliphatic rings. The number of hydrogen-bond donors (Lipinski definition) is 4. The monoisotopic (exact) mass is 428 g/mol. The van der Waals surface area contributed by atoms with Crippen molar-refractivity contribution in [1.29, 1.82) is 0 Å². The van der Waals surface area contributed by atoms with Gasteiger partial charge in [0.25, 0.3) is 0 Å². The molecule has 4 unspecified atom stereocenters. The van der Waals surface area contributed by atoms with Gasteiger partial charge in [-0.3, -0.25) is 8.42 Å². The van der Waals surface area contributed by atoms with E-state index in [-0.39, 0.29) is 34.5 Å². The third-order valence-electron chi connectivity index (χ3n) is 4.73. The van der Waals surface area contributed by atoms with E-state index in [0.717, 1.165) is 12.1 Å². The van der Waals surface area contributed by atoms with Crippen molar-refractivity contribution in [2.24, 2.45) is 11.8 Å². The number of benzene rings is 2. The Labute approximate surface area is 167 Å². The van der Waals surface area contributed by atoms with Crippen LogP contribution in [0, 0.1) is 11.8 Å². The van der Waals surface area contributed by atoms with Crippen LogP contribution in [0.5, 0.6) is 23.0 Å². The van der Waals surface area contributed by atoms with Crippen molar-refractivity contribution in [2.45, 2.75) is 36.5 Å². The molecule has 0 fully saturated rings. The molecule has 2 rings (SSSR count). The number of phenols is 4. The fourth-order valence-corrected chi connectivity index (χ4v) is 4.06. The molecule has 2 aromatic rings. The molecule has 0 saturated carbocycles. The summed E-state index contributed by atoms with van der Waals surface area (Å²) in [5.41, 5.74) is 0.647. The second-order valence-electron chi connectivity index (χ2n) is 6.73. The van der Waals surface area contributed by atoms with Gasteiger partial charge >= 0.3 is 0 Å². The molecule has 0 heterocycles. The topological polar surface area (TPSA) is 161 Å². The van der Waals surface area contributed by atoms with Crippen LogP contribution >= 0.6 is 0 Å². The van der Waals surface area contributed by atoms with Gasteiger partial charge in [-0.15, -0.1) is 0 Å². The van der Waals surface area contributed by atoms with Gasteiger partial charge in [0, 0.05) is 9.79 Å². The van der Waals surface area contributed by atoms with Gasteiger partial charge in [0.05, 0.1) is 0 Å². The maximum Gasteiger partial charge on any atom is 0.158 e. The van der Waals surface area contributed by atoms with Crippen LogP contribution in [0.1, 0.15) is 25.0 Å². The highest BCUT2D eigenvalue weighted by Crippen LogP contribution is 2.35. The molecule has 0 aromatic heterocycles. The lowest BCUT2D eigenvalue weighted by Crippen LogP contribution is -2.16. The van der Waals surface area contributed by atoms with Crippen molar-refractivity contribution in [3.05, 3.63) is 35.4 Å². The molecule has 0 bridgehead atoms. The first-order valence-corrected chi connectivity index (χ1v) is 10.4. The van der Waals surface area contributed by atoms with E-state index in [1.807, 2.05) is 13.8 Å². The SMILES string of the molecule is CC(Cc1cc(O)c(O)cc1S(=O)[O-])C(C)Cc1cc(O)c(O)cc1S(=O)[O-]. The zero-order valence-corrected chi connectivity index (χ0v) is 16.7. The lowest BCUT2D eigenvalue weighted by Gasteiger charge is -2.24. The molecule has 8 nitrogen and oxygen atoms in total. The number of hydrogen-bond acceptors (Lipinski definition) is 8. The minimum Gasteiger partial charge on any atom is -0.768 e. The number of rotatable bonds is 7. The van der Waals surface area contributed by atoms with Crippen molar-refractivity contribution in [2.75, 3.05) is 0 Å². The van der Waals surface area contributed by atoms with Crippen LogP contribution in [-0.4, -0.2) is 37.9 Å². The van der Waals surface area contributed by atoms with E-state index in [4.69, 9.17) is 0 Å². The van der Waals surface area contributed by atoms with E-state index in [1.54, 1.807) is 0 Å². The molecular weight excluding hydrogens is 408 g/mol. The normalized spacial score (nSPS) is 15.7. The third-order valence-corrected chi connectivity index (χ3v) is 6.21. The van der Waals surface area contributed by atoms with Crippen LogP contribution in [-0.2, 0) is 35.0 Å². The molecular formula is C18H20O8S2-2. The van der Waals surface area contributed by atoms with Gasteiger partial charge in [-0.2, -0.15) is 0 Å². The Balaban J connectivity index is 2.27. The van der Waals surface area contributed by atoms with Gasteiger partial charge in [-0.1, -0.05) is 13.8 Å². The zero-order valence-electron chi connectivity index (χ0n) is 15.1. The van der Waals surface area contributed by atoms with Crippen LogP contribution in [0.4, 0.5) is 0 Å². The Bertz CT molecular complexity index is 853. The number of aromatic hydroxyl groups is 4. The van der Waals surface area contributed by atoms with E-state index in [2.05, 4.69) is 0 Å². The summed E-state index contributed by atoms with van der Waals surface area (Å²) in [5.74, 6) is -2.23. The van der Waals surface area contributed by atoms with Crippen LogP contribution in [0.25, 0.3) is 0 Å². The first-order valence-electron chi connectivity index (χ1n) is 8.29. The molecule has 2 aromatic carbocycles. The molecule has 0 radical (unpaired) electrons. The van der Waals surface area contributed by atoms with Gasteiger partial charge in [0.15, 0.2) is 23.0 Å². The summed E-state index contributed by atoms with van der Waals surface area (Å²) >= 11 is -5.21. The van der Waals surface area contributed by atoms with E-state index >= 15 is 0 Å². The van der Waals surface area contributed by atoms with Gasteiger partial charge in [-0.25, -0.2) is 0 Å². The predicted octanol–water partition coefficient (Wildman–Crippen LogP) is 2.04. The van der Waals surface area contributed by atoms with Crippen molar-refractivity contribution in [3.63, 3.8) is 0 Å². The second kappa shape index (κ2) is 8.91. The minimum absolute atomic E-state index is 0.127. The van der Waals surface area contributed by atoms with Crippen LogP contribution in [0.2, 0.25) is 0 Å². The summed E-state index contributed by atoms with van der Waals surface area (Å²) in [5, 5.41) is 38.4. The molecule has 0 aliphatic heterocycles. The summed E-state index contributed by atoms with van der Waals surface area (Å²) in [4.78, 5) is -0.254. The summed E-state index contributed by atoms with van der Waals surface area (Å²) in [7, 11) is 0. The molecule has 28 heavy (non-hydrogen) atoms. The van der Waals surface area contributed by atoms with Crippen LogP contribution < -0.4 is 0 Å². The maximum atomic E-state index is 11.4. The first kappa shape index (κ1) is 22.2. The zero-order chi connectivity index (χ0) is 21.2. The van der Waals surface area contributed by atoms with Gasteiger partial charge in [0.2, 0.25) is 0 Å². The quantitative estimate of drug-likeness (QED) is 0.385. The lowest BCUT2D eigenvalue weighted by molar-refractivity contribution is 0.371. The fraction of sp³-hybridized carbons (Fsp3) is 0.333. The van der Waals surface area contributed by atoms with Crippen molar-refractivity contribution >= 4 is 22.2 Å². The Hall–Kier alpha value is -2.14. The molecule has 154 valence electrons. The highest BCUT2D eigenvalue weighted by molar-refractivity contribution is 7.79. The molecule has 0 spiro atoms. The summed E-state index contributed by atoms with van der Waals surface area (Å²) < 4.78 is 45.6. The Morgan fingerprint density at radius 2 is 1.00 bits per heavy atom. The van der Waals surface area contributed by atoms with Gasteiger partial charge in [-0.05, 0) is 82.2 Å². The molecule has 4 atom stereocenters. The Morgan fingerprint density at radius 3 is 1.29 bits per heavy atom. The molecule has 10 heteroatoms. The van der Waals surface area contributed by atoms with E-state index in [0.29, 0.717) is 11.1 Å². The molecule has 0 amide bonds. The van der Waals surface area contributed by atoms with Crippen LogP contribution in [0.15, 0.2) is 34.1 Å². The maximum absolute atomic E-state index is 11.4. The van der Waals surface area contributed by atoms with Gasteiger partial charge < -0.3 is 29.5 Å². The van der Waals surface area contributed by atoms with Crippen LogP contribution in [0.3, 0.4) is 0 Å². The summed E-state index contributed by atoms with van der Waals surface area (Å²) in [6, 6.07) is 4.33. The smallest absolute Gasteiger partial charge is 0.158 e. The van der Waals surface area contributed by atoms with Crippen molar-refractivity contribution in [1.82, 2.24) is 0 Å². The van der Waals surface area contributed by atoms with Crippen molar-refractivity contribution in [3.8, 4) is 23.0 Å².